The predicted molar refractivity (Wildman–Crippen MR) is 68.5 cm³/mol. The Bertz CT molecular complexity index is 367. The Morgan fingerprint density at radius 1 is 0.812 bits per heavy atom. The standard InChI is InChI=1S/C9H12.C6H6O/c1-2-6-9-7-4-3-5-8-9;7-6-4-2-1-3-5-6/h3-5,7-8H,2,6H2,1H3;1-5,7H. The van der Waals surface area contributed by atoms with Crippen molar-refractivity contribution in [1.29, 1.82) is 0 Å². The quantitative estimate of drug-likeness (QED) is 0.800. The normalized spacial score (nSPS) is 9.06. The van der Waals surface area contributed by atoms with Crippen LogP contribution in [0.15, 0.2) is 60.7 Å². The van der Waals surface area contributed by atoms with Crippen molar-refractivity contribution in [2.24, 2.45) is 0 Å². The predicted octanol–water partition coefficient (Wildman–Crippen LogP) is 4.03. The number of hydrogen-bond donors (Lipinski definition) is 1. The summed E-state index contributed by atoms with van der Waals surface area (Å²) in [4.78, 5) is 0. The van der Waals surface area contributed by atoms with Crippen molar-refractivity contribution >= 4 is 0 Å². The van der Waals surface area contributed by atoms with E-state index in [2.05, 4.69) is 37.3 Å². The molecule has 1 N–H and O–H groups in total. The van der Waals surface area contributed by atoms with Crippen molar-refractivity contribution in [3.05, 3.63) is 66.2 Å². The molecular weight excluding hydrogens is 196 g/mol. The van der Waals surface area contributed by atoms with Crippen LogP contribution in [0, 0.1) is 0 Å². The van der Waals surface area contributed by atoms with Crippen LogP contribution in [0.5, 0.6) is 5.75 Å². The lowest BCUT2D eigenvalue weighted by atomic mass is 10.1. The van der Waals surface area contributed by atoms with Gasteiger partial charge in [0.25, 0.3) is 0 Å². The van der Waals surface area contributed by atoms with Gasteiger partial charge in [-0.25, -0.2) is 0 Å². The van der Waals surface area contributed by atoms with E-state index in [1.165, 1.54) is 18.4 Å². The molecule has 0 amide bonds. The van der Waals surface area contributed by atoms with Crippen LogP contribution in [0.4, 0.5) is 0 Å². The highest BCUT2D eigenvalue weighted by molar-refractivity contribution is 5.18. The molecule has 0 spiro atoms. The molecule has 0 aliphatic rings. The third kappa shape index (κ3) is 5.20. The molecule has 0 heterocycles. The fourth-order valence-electron chi connectivity index (χ4n) is 1.36. The van der Waals surface area contributed by atoms with Gasteiger partial charge in [-0.3, -0.25) is 0 Å². The van der Waals surface area contributed by atoms with Gasteiger partial charge < -0.3 is 5.11 Å². The topological polar surface area (TPSA) is 20.2 Å². The van der Waals surface area contributed by atoms with Crippen molar-refractivity contribution < 1.29 is 5.11 Å². The van der Waals surface area contributed by atoms with Gasteiger partial charge in [0.05, 0.1) is 0 Å². The summed E-state index contributed by atoms with van der Waals surface area (Å²) in [5, 5.41) is 8.63. The van der Waals surface area contributed by atoms with Gasteiger partial charge in [0, 0.05) is 0 Å². The maximum Gasteiger partial charge on any atom is 0.115 e. The van der Waals surface area contributed by atoms with Gasteiger partial charge in [0.1, 0.15) is 5.75 Å². The summed E-state index contributed by atoms with van der Waals surface area (Å²) in [7, 11) is 0. The lowest BCUT2D eigenvalue weighted by Gasteiger charge is -1.93. The van der Waals surface area contributed by atoms with Crippen LogP contribution in [0.25, 0.3) is 0 Å². The zero-order valence-corrected chi connectivity index (χ0v) is 9.63. The van der Waals surface area contributed by atoms with E-state index in [0.29, 0.717) is 5.75 Å². The molecule has 0 radical (unpaired) electrons. The van der Waals surface area contributed by atoms with Crippen molar-refractivity contribution in [3.63, 3.8) is 0 Å². The first-order valence-electron chi connectivity index (χ1n) is 5.61. The molecule has 2 aromatic carbocycles. The zero-order valence-electron chi connectivity index (χ0n) is 9.63. The third-order valence-corrected chi connectivity index (χ3v) is 2.14. The molecule has 0 unspecified atom stereocenters. The Balaban J connectivity index is 0.000000165. The minimum absolute atomic E-state index is 0.322. The average molecular weight is 214 g/mol. The highest BCUT2D eigenvalue weighted by atomic mass is 16.3. The smallest absolute Gasteiger partial charge is 0.115 e. The lowest BCUT2D eigenvalue weighted by molar-refractivity contribution is 0.475. The fourth-order valence-corrected chi connectivity index (χ4v) is 1.36. The van der Waals surface area contributed by atoms with Gasteiger partial charge in [-0.2, -0.15) is 0 Å². The molecule has 1 heteroatoms. The summed E-state index contributed by atoms with van der Waals surface area (Å²) in [6, 6.07) is 19.3. The van der Waals surface area contributed by atoms with E-state index in [9.17, 15) is 0 Å². The van der Waals surface area contributed by atoms with Gasteiger partial charge >= 0.3 is 0 Å². The van der Waals surface area contributed by atoms with Gasteiger partial charge in [-0.1, -0.05) is 61.9 Å². The number of hydrogen-bond acceptors (Lipinski definition) is 1. The molecule has 84 valence electrons. The summed E-state index contributed by atoms with van der Waals surface area (Å²) < 4.78 is 0. The molecule has 0 saturated heterocycles. The molecule has 2 rings (SSSR count). The van der Waals surface area contributed by atoms with Crippen LogP contribution in [0.2, 0.25) is 0 Å². The van der Waals surface area contributed by atoms with E-state index < -0.39 is 0 Å². The first kappa shape index (κ1) is 12.3. The minimum atomic E-state index is 0.322. The second kappa shape index (κ2) is 7.52. The van der Waals surface area contributed by atoms with Crippen molar-refractivity contribution in [2.45, 2.75) is 19.8 Å². The van der Waals surface area contributed by atoms with Crippen LogP contribution >= 0.6 is 0 Å². The van der Waals surface area contributed by atoms with Crippen LogP contribution in [0.3, 0.4) is 0 Å². The van der Waals surface area contributed by atoms with E-state index in [1.54, 1.807) is 24.3 Å². The van der Waals surface area contributed by atoms with Gasteiger partial charge in [-0.15, -0.1) is 0 Å². The highest BCUT2D eigenvalue weighted by Crippen LogP contribution is 2.02. The second-order valence-electron chi connectivity index (χ2n) is 3.57. The molecular formula is C15H18O. The number of benzene rings is 2. The fraction of sp³-hybridized carbons (Fsp3) is 0.200. The van der Waals surface area contributed by atoms with Crippen LogP contribution in [0.1, 0.15) is 18.9 Å². The van der Waals surface area contributed by atoms with Gasteiger partial charge in [0.2, 0.25) is 0 Å². The van der Waals surface area contributed by atoms with E-state index in [-0.39, 0.29) is 0 Å². The Hall–Kier alpha value is -1.76. The first-order valence-corrected chi connectivity index (χ1v) is 5.61. The monoisotopic (exact) mass is 214 g/mol. The zero-order chi connectivity index (χ0) is 11.6. The Labute approximate surface area is 97.4 Å². The van der Waals surface area contributed by atoms with Crippen LogP contribution in [-0.4, -0.2) is 5.11 Å². The van der Waals surface area contributed by atoms with E-state index in [1.807, 2.05) is 6.07 Å². The minimum Gasteiger partial charge on any atom is -0.508 e. The third-order valence-electron chi connectivity index (χ3n) is 2.14. The molecule has 0 bridgehead atoms. The lowest BCUT2D eigenvalue weighted by Crippen LogP contribution is -1.78. The molecule has 0 fully saturated rings. The van der Waals surface area contributed by atoms with Crippen molar-refractivity contribution in [1.82, 2.24) is 0 Å². The molecule has 0 aliphatic heterocycles. The average Bonchev–Trinajstić information content (AvgIpc) is 2.33. The van der Waals surface area contributed by atoms with Gasteiger partial charge in [-0.05, 0) is 24.1 Å². The van der Waals surface area contributed by atoms with E-state index in [4.69, 9.17) is 5.11 Å². The van der Waals surface area contributed by atoms with E-state index in [0.717, 1.165) is 0 Å². The maximum atomic E-state index is 8.63. The number of para-hydroxylation sites is 1. The largest absolute Gasteiger partial charge is 0.508 e. The van der Waals surface area contributed by atoms with Crippen LogP contribution < -0.4 is 0 Å². The molecule has 0 saturated carbocycles. The number of phenols is 1. The summed E-state index contributed by atoms with van der Waals surface area (Å²) in [5.41, 5.74) is 1.44. The molecule has 0 aromatic heterocycles. The SMILES string of the molecule is CCCc1ccccc1.Oc1ccccc1. The Morgan fingerprint density at radius 2 is 1.31 bits per heavy atom. The number of phenolic OH excluding ortho intramolecular Hbond substituents is 1. The number of rotatable bonds is 2. The summed E-state index contributed by atoms with van der Waals surface area (Å²) >= 11 is 0. The Kier molecular flexibility index (Phi) is 5.79. The second-order valence-corrected chi connectivity index (χ2v) is 3.57. The Morgan fingerprint density at radius 3 is 1.69 bits per heavy atom. The molecule has 0 atom stereocenters. The summed E-state index contributed by atoms with van der Waals surface area (Å²) in [6.07, 6.45) is 2.45. The number of aromatic hydroxyl groups is 1. The highest BCUT2D eigenvalue weighted by Gasteiger charge is 1.84. The number of aryl methyl sites for hydroxylation is 1. The molecule has 0 aliphatic carbocycles. The van der Waals surface area contributed by atoms with E-state index >= 15 is 0 Å². The first-order chi connectivity index (χ1) is 7.83. The maximum absolute atomic E-state index is 8.63. The summed E-state index contributed by atoms with van der Waals surface area (Å²) in [5.74, 6) is 0.322. The summed E-state index contributed by atoms with van der Waals surface area (Å²) in [6.45, 7) is 2.20. The molecule has 1 nitrogen and oxygen atoms in total. The molecule has 2 aromatic rings. The molecule has 16 heavy (non-hydrogen) atoms. The van der Waals surface area contributed by atoms with Crippen molar-refractivity contribution in [2.75, 3.05) is 0 Å². The van der Waals surface area contributed by atoms with Crippen molar-refractivity contribution in [3.8, 4) is 5.75 Å². The van der Waals surface area contributed by atoms with Gasteiger partial charge in [0.15, 0.2) is 0 Å². The van der Waals surface area contributed by atoms with Crippen LogP contribution in [-0.2, 0) is 6.42 Å².